The van der Waals surface area contributed by atoms with Crippen LogP contribution in [0.4, 0.5) is 0 Å². The van der Waals surface area contributed by atoms with E-state index in [-0.39, 0.29) is 5.41 Å². The van der Waals surface area contributed by atoms with Gasteiger partial charge in [-0.15, -0.1) is 0 Å². The highest BCUT2D eigenvalue weighted by Gasteiger charge is 2.15. The van der Waals surface area contributed by atoms with Crippen molar-refractivity contribution in [3.63, 3.8) is 0 Å². The lowest BCUT2D eigenvalue weighted by Gasteiger charge is -2.25. The summed E-state index contributed by atoms with van der Waals surface area (Å²) in [7, 11) is 3.31. The number of hydrogen-bond donors (Lipinski definition) is 1. The van der Waals surface area contributed by atoms with E-state index in [0.29, 0.717) is 19.8 Å². The molecule has 1 aromatic heterocycles. The van der Waals surface area contributed by atoms with Gasteiger partial charge in [0.1, 0.15) is 0 Å². The minimum atomic E-state index is -0.504. The summed E-state index contributed by atoms with van der Waals surface area (Å²) < 4.78 is 12.6. The topological polar surface area (TPSA) is 46.9 Å². The monoisotopic (exact) mass is 388 g/mol. The van der Waals surface area contributed by atoms with Crippen LogP contribution in [0.2, 0.25) is 0 Å². The highest BCUT2D eigenvalue weighted by atomic mass is 16.5. The summed E-state index contributed by atoms with van der Waals surface area (Å²) in [6, 6.07) is 13.1. The fourth-order valence-electron chi connectivity index (χ4n) is 3.28. The Bertz CT molecular complexity index is 689. The van der Waals surface area contributed by atoms with E-state index in [4.69, 9.17) is 9.47 Å². The summed E-state index contributed by atoms with van der Waals surface area (Å²) >= 11 is 0. The average Bonchev–Trinajstić information content (AvgIpc) is 3.06. The summed E-state index contributed by atoms with van der Waals surface area (Å²) in [5.41, 5.74) is 4.03. The lowest BCUT2D eigenvalue weighted by Crippen LogP contribution is -2.36. The Labute approximate surface area is 169 Å². The summed E-state index contributed by atoms with van der Waals surface area (Å²) in [5.74, 6) is 0. The Balaban J connectivity index is 2.06. The Hall–Kier alpha value is -1.66. The minimum absolute atomic E-state index is 0.169. The van der Waals surface area contributed by atoms with Crippen molar-refractivity contribution in [3.05, 3.63) is 59.4 Å². The zero-order valence-electron chi connectivity index (χ0n) is 18.0. The van der Waals surface area contributed by atoms with E-state index >= 15 is 0 Å². The van der Waals surface area contributed by atoms with Crippen LogP contribution >= 0.6 is 0 Å². The Kier molecular flexibility index (Phi) is 8.70. The Morgan fingerprint density at radius 2 is 1.79 bits per heavy atom. The van der Waals surface area contributed by atoms with E-state index in [1.165, 1.54) is 16.8 Å². The molecule has 0 spiro atoms. The molecule has 0 unspecified atom stereocenters. The van der Waals surface area contributed by atoms with Crippen molar-refractivity contribution in [2.75, 3.05) is 40.5 Å². The van der Waals surface area contributed by atoms with Gasteiger partial charge in [0.2, 0.25) is 0 Å². The summed E-state index contributed by atoms with van der Waals surface area (Å²) in [6.45, 7) is 10.6. The largest absolute Gasteiger partial charge is 0.389 e. The van der Waals surface area contributed by atoms with Gasteiger partial charge in [-0.2, -0.15) is 0 Å². The van der Waals surface area contributed by atoms with Gasteiger partial charge in [0.15, 0.2) is 0 Å². The second-order valence-electron chi connectivity index (χ2n) is 8.41. The second-order valence-corrected chi connectivity index (χ2v) is 8.41. The molecule has 1 aromatic carbocycles. The predicted octanol–water partition coefficient (Wildman–Crippen LogP) is 3.29. The third-order valence-corrected chi connectivity index (χ3v) is 4.92. The number of benzene rings is 1. The fraction of sp³-hybridized carbons (Fsp3) is 0.565. The molecule has 1 N–H and O–H groups in total. The van der Waals surface area contributed by atoms with Gasteiger partial charge in [-0.3, -0.25) is 4.90 Å². The minimum Gasteiger partial charge on any atom is -0.389 e. The molecule has 0 saturated heterocycles. The number of aliphatic hydroxyl groups is 1. The SMILES string of the molecule is COCCN(Cc1cccn1Cc1ccc(C(C)(C)C)cc1)C[C@H](O)COC. The van der Waals surface area contributed by atoms with E-state index < -0.39 is 6.10 Å². The number of aliphatic hydroxyl groups excluding tert-OH is 1. The molecule has 2 rings (SSSR count). The molecule has 0 amide bonds. The van der Waals surface area contributed by atoms with Crippen molar-refractivity contribution in [2.24, 2.45) is 0 Å². The molecule has 0 aliphatic carbocycles. The molecule has 1 atom stereocenters. The smallest absolute Gasteiger partial charge is 0.0900 e. The van der Waals surface area contributed by atoms with E-state index in [1.54, 1.807) is 14.2 Å². The van der Waals surface area contributed by atoms with Crippen molar-refractivity contribution >= 4 is 0 Å². The lowest BCUT2D eigenvalue weighted by atomic mass is 9.87. The fourth-order valence-corrected chi connectivity index (χ4v) is 3.28. The maximum absolute atomic E-state index is 10.1. The highest BCUT2D eigenvalue weighted by Crippen LogP contribution is 2.22. The van der Waals surface area contributed by atoms with Gasteiger partial charge in [0, 0.05) is 52.3 Å². The van der Waals surface area contributed by atoms with Crippen LogP contribution in [-0.4, -0.2) is 61.2 Å². The number of nitrogens with zero attached hydrogens (tertiary/aromatic N) is 2. The number of ether oxygens (including phenoxy) is 2. The van der Waals surface area contributed by atoms with Gasteiger partial charge in [-0.1, -0.05) is 45.0 Å². The maximum Gasteiger partial charge on any atom is 0.0900 e. The van der Waals surface area contributed by atoms with Gasteiger partial charge >= 0.3 is 0 Å². The highest BCUT2D eigenvalue weighted by molar-refractivity contribution is 5.28. The standard InChI is InChI=1S/C23H36N2O3/c1-23(2,3)20-10-8-19(9-11-20)15-25-12-6-7-21(25)16-24(13-14-27-4)17-22(26)18-28-5/h6-12,22,26H,13-18H2,1-5H3/t22-/m0/s1. The zero-order chi connectivity index (χ0) is 20.6. The van der Waals surface area contributed by atoms with Crippen molar-refractivity contribution in [2.45, 2.75) is 45.4 Å². The van der Waals surface area contributed by atoms with E-state index in [2.05, 4.69) is 72.8 Å². The first-order valence-electron chi connectivity index (χ1n) is 9.95. The predicted molar refractivity (Wildman–Crippen MR) is 114 cm³/mol. The van der Waals surface area contributed by atoms with Crippen molar-refractivity contribution in [3.8, 4) is 0 Å². The van der Waals surface area contributed by atoms with Crippen molar-refractivity contribution in [1.82, 2.24) is 9.47 Å². The molecular weight excluding hydrogens is 352 g/mol. The first-order valence-corrected chi connectivity index (χ1v) is 9.95. The number of rotatable bonds is 11. The molecule has 0 aliphatic rings. The van der Waals surface area contributed by atoms with E-state index in [9.17, 15) is 5.11 Å². The molecule has 156 valence electrons. The summed E-state index contributed by atoms with van der Waals surface area (Å²) in [5, 5.41) is 10.1. The van der Waals surface area contributed by atoms with Crippen LogP contribution in [0.3, 0.4) is 0 Å². The molecule has 0 bridgehead atoms. The van der Waals surface area contributed by atoms with Crippen LogP contribution in [0.25, 0.3) is 0 Å². The van der Waals surface area contributed by atoms with Gasteiger partial charge in [-0.05, 0) is 28.7 Å². The van der Waals surface area contributed by atoms with Crippen molar-refractivity contribution < 1.29 is 14.6 Å². The Morgan fingerprint density at radius 3 is 2.39 bits per heavy atom. The average molecular weight is 389 g/mol. The molecule has 0 radical (unpaired) electrons. The Morgan fingerprint density at radius 1 is 1.07 bits per heavy atom. The number of hydrogen-bond acceptors (Lipinski definition) is 4. The summed E-state index contributed by atoms with van der Waals surface area (Å²) in [6.07, 6.45) is 1.61. The normalized spacial score (nSPS) is 13.2. The van der Waals surface area contributed by atoms with Crippen molar-refractivity contribution in [1.29, 1.82) is 0 Å². The van der Waals surface area contributed by atoms with Crippen LogP contribution in [0.1, 0.15) is 37.6 Å². The zero-order valence-corrected chi connectivity index (χ0v) is 18.0. The molecule has 5 nitrogen and oxygen atoms in total. The number of methoxy groups -OCH3 is 2. The van der Waals surface area contributed by atoms with Crippen LogP contribution in [0, 0.1) is 0 Å². The first kappa shape index (κ1) is 22.6. The van der Waals surface area contributed by atoms with E-state index in [1.807, 2.05) is 0 Å². The maximum atomic E-state index is 10.1. The second kappa shape index (κ2) is 10.8. The molecule has 28 heavy (non-hydrogen) atoms. The molecule has 0 saturated carbocycles. The molecule has 2 aromatic rings. The lowest BCUT2D eigenvalue weighted by molar-refractivity contribution is 0.0288. The quantitative estimate of drug-likeness (QED) is 0.642. The molecular formula is C23H36N2O3. The van der Waals surface area contributed by atoms with Gasteiger partial charge < -0.3 is 19.1 Å². The van der Waals surface area contributed by atoms with Crippen LogP contribution < -0.4 is 0 Å². The molecule has 0 aliphatic heterocycles. The third kappa shape index (κ3) is 7.06. The van der Waals surface area contributed by atoms with Crippen LogP contribution in [0.5, 0.6) is 0 Å². The van der Waals surface area contributed by atoms with Gasteiger partial charge in [-0.25, -0.2) is 0 Å². The van der Waals surface area contributed by atoms with Crippen LogP contribution in [0.15, 0.2) is 42.6 Å². The number of aromatic nitrogens is 1. The van der Waals surface area contributed by atoms with Gasteiger partial charge in [0.25, 0.3) is 0 Å². The first-order chi connectivity index (χ1) is 13.3. The molecule has 5 heteroatoms. The van der Waals surface area contributed by atoms with Crippen LogP contribution in [-0.2, 0) is 28.0 Å². The molecule has 0 fully saturated rings. The molecule has 1 heterocycles. The summed E-state index contributed by atoms with van der Waals surface area (Å²) in [4.78, 5) is 2.21. The van der Waals surface area contributed by atoms with E-state index in [0.717, 1.165) is 19.6 Å². The third-order valence-electron chi connectivity index (χ3n) is 4.92. The van der Waals surface area contributed by atoms with Gasteiger partial charge in [0.05, 0.1) is 19.3 Å².